The Morgan fingerprint density at radius 1 is 1.05 bits per heavy atom. The number of carbonyl (C=O) groups excluding carboxylic acids is 1. The monoisotopic (exact) mass is 395 g/mol. The summed E-state index contributed by atoms with van der Waals surface area (Å²) >= 11 is 2.21. The molecule has 0 aromatic heterocycles. The lowest BCUT2D eigenvalue weighted by Gasteiger charge is -2.19. The fourth-order valence-corrected chi connectivity index (χ4v) is 2.44. The van der Waals surface area contributed by atoms with Gasteiger partial charge in [-0.2, -0.15) is 0 Å². The molecule has 0 unspecified atom stereocenters. The molecular formula is C16H14INO3. The topological polar surface area (TPSA) is 47.6 Å². The van der Waals surface area contributed by atoms with Crippen LogP contribution in [-0.2, 0) is 6.54 Å². The summed E-state index contributed by atoms with van der Waals surface area (Å²) in [5.41, 5.74) is 1.64. The molecule has 4 nitrogen and oxygen atoms in total. The van der Waals surface area contributed by atoms with Crippen molar-refractivity contribution in [3.8, 4) is 11.5 Å². The van der Waals surface area contributed by atoms with Crippen molar-refractivity contribution < 1.29 is 14.3 Å². The normalized spacial score (nSPS) is 12.8. The van der Waals surface area contributed by atoms with E-state index in [1.807, 2.05) is 42.5 Å². The molecule has 0 fully saturated rings. The Bertz CT molecular complexity index is 655. The van der Waals surface area contributed by atoms with Crippen LogP contribution in [0.3, 0.4) is 0 Å². The Kier molecular flexibility index (Phi) is 4.28. The molecule has 5 heteroatoms. The fourth-order valence-electron chi connectivity index (χ4n) is 2.08. The van der Waals surface area contributed by atoms with Crippen LogP contribution in [0.2, 0.25) is 0 Å². The molecule has 1 heterocycles. The smallest absolute Gasteiger partial charge is 0.251 e. The molecule has 2 aromatic rings. The molecule has 0 aliphatic carbocycles. The number of halogens is 1. The van der Waals surface area contributed by atoms with E-state index in [1.54, 1.807) is 0 Å². The van der Waals surface area contributed by atoms with E-state index in [0.717, 1.165) is 20.6 Å². The Morgan fingerprint density at radius 2 is 1.76 bits per heavy atom. The summed E-state index contributed by atoms with van der Waals surface area (Å²) in [6, 6.07) is 13.2. The predicted octanol–water partition coefficient (Wildman–Crippen LogP) is 2.99. The van der Waals surface area contributed by atoms with Crippen molar-refractivity contribution >= 4 is 28.5 Å². The number of fused-ring (bicyclic) bond motifs is 1. The molecule has 3 rings (SSSR count). The molecule has 0 atom stereocenters. The molecule has 1 aliphatic rings. The number of rotatable bonds is 3. The zero-order valence-corrected chi connectivity index (χ0v) is 13.4. The maximum absolute atomic E-state index is 12.0. The molecule has 0 saturated carbocycles. The van der Waals surface area contributed by atoms with Gasteiger partial charge in [-0.25, -0.2) is 0 Å². The number of ether oxygens (including phenoxy) is 2. The first kappa shape index (κ1) is 14.2. The maximum Gasteiger partial charge on any atom is 0.251 e. The number of carbonyl (C=O) groups is 1. The molecule has 0 spiro atoms. The van der Waals surface area contributed by atoms with Crippen LogP contribution in [0.4, 0.5) is 0 Å². The number of amides is 1. The molecular weight excluding hydrogens is 381 g/mol. The van der Waals surface area contributed by atoms with Crippen LogP contribution in [0.25, 0.3) is 0 Å². The highest BCUT2D eigenvalue weighted by atomic mass is 127. The van der Waals surface area contributed by atoms with Crippen molar-refractivity contribution in [1.29, 1.82) is 0 Å². The first-order valence-corrected chi connectivity index (χ1v) is 7.72. The average molecular weight is 395 g/mol. The van der Waals surface area contributed by atoms with Crippen molar-refractivity contribution in [2.75, 3.05) is 13.2 Å². The summed E-state index contributed by atoms with van der Waals surface area (Å²) in [7, 11) is 0. The molecule has 21 heavy (non-hydrogen) atoms. The van der Waals surface area contributed by atoms with E-state index in [0.29, 0.717) is 25.3 Å². The van der Waals surface area contributed by atoms with Crippen molar-refractivity contribution in [1.82, 2.24) is 5.32 Å². The van der Waals surface area contributed by atoms with Gasteiger partial charge in [0, 0.05) is 15.7 Å². The van der Waals surface area contributed by atoms with E-state index >= 15 is 0 Å². The molecule has 2 aromatic carbocycles. The third-order valence-corrected chi connectivity index (χ3v) is 3.89. The number of benzene rings is 2. The summed E-state index contributed by atoms with van der Waals surface area (Å²) in [4.78, 5) is 12.0. The molecule has 0 bridgehead atoms. The third-order valence-electron chi connectivity index (χ3n) is 3.17. The van der Waals surface area contributed by atoms with Crippen molar-refractivity contribution in [3.63, 3.8) is 0 Å². The van der Waals surface area contributed by atoms with Gasteiger partial charge in [-0.1, -0.05) is 6.07 Å². The lowest BCUT2D eigenvalue weighted by atomic mass is 10.1. The van der Waals surface area contributed by atoms with Gasteiger partial charge in [-0.05, 0) is 64.6 Å². The van der Waals surface area contributed by atoms with Gasteiger partial charge in [0.05, 0.1) is 0 Å². The Hall–Kier alpha value is -1.76. The van der Waals surface area contributed by atoms with Crippen LogP contribution in [0.1, 0.15) is 15.9 Å². The highest BCUT2D eigenvalue weighted by Crippen LogP contribution is 2.30. The second-order valence-corrected chi connectivity index (χ2v) is 5.91. The molecule has 0 saturated heterocycles. The molecule has 1 N–H and O–H groups in total. The van der Waals surface area contributed by atoms with Crippen molar-refractivity contribution in [2.45, 2.75) is 6.54 Å². The van der Waals surface area contributed by atoms with Gasteiger partial charge in [0.25, 0.3) is 5.91 Å². The minimum Gasteiger partial charge on any atom is -0.486 e. The first-order chi connectivity index (χ1) is 10.2. The van der Waals surface area contributed by atoms with Crippen LogP contribution in [0.5, 0.6) is 11.5 Å². The average Bonchev–Trinajstić information content (AvgIpc) is 2.53. The standard InChI is InChI=1S/C16H14INO3/c17-13-4-2-12(3-5-13)16(19)18-10-11-1-6-14-15(9-11)21-8-7-20-14/h1-6,9H,7-8,10H2,(H,18,19). The quantitative estimate of drug-likeness (QED) is 0.814. The van der Waals surface area contributed by atoms with Gasteiger partial charge in [0.1, 0.15) is 13.2 Å². The highest BCUT2D eigenvalue weighted by molar-refractivity contribution is 14.1. The third kappa shape index (κ3) is 3.47. The zero-order chi connectivity index (χ0) is 14.7. The first-order valence-electron chi connectivity index (χ1n) is 6.65. The summed E-state index contributed by atoms with van der Waals surface area (Å²) in [5.74, 6) is 1.41. The number of hydrogen-bond donors (Lipinski definition) is 1. The maximum atomic E-state index is 12.0. The van der Waals surface area contributed by atoms with E-state index < -0.39 is 0 Å². The number of nitrogens with one attached hydrogen (secondary N) is 1. The summed E-state index contributed by atoms with van der Waals surface area (Å²) < 4.78 is 12.1. The second-order valence-electron chi connectivity index (χ2n) is 4.67. The van der Waals surface area contributed by atoms with Crippen LogP contribution >= 0.6 is 22.6 Å². The van der Waals surface area contributed by atoms with Crippen molar-refractivity contribution in [2.24, 2.45) is 0 Å². The van der Waals surface area contributed by atoms with Gasteiger partial charge < -0.3 is 14.8 Å². The van der Waals surface area contributed by atoms with Crippen LogP contribution < -0.4 is 14.8 Å². The van der Waals surface area contributed by atoms with Crippen LogP contribution in [-0.4, -0.2) is 19.1 Å². The summed E-state index contributed by atoms with van der Waals surface area (Å²) in [6.45, 7) is 1.60. The lowest BCUT2D eigenvalue weighted by molar-refractivity contribution is 0.0951. The Labute approximate surface area is 136 Å². The van der Waals surface area contributed by atoms with E-state index in [1.165, 1.54) is 0 Å². The second kappa shape index (κ2) is 6.34. The van der Waals surface area contributed by atoms with Gasteiger partial charge in [0.15, 0.2) is 11.5 Å². The zero-order valence-electron chi connectivity index (χ0n) is 11.3. The van der Waals surface area contributed by atoms with E-state index in [4.69, 9.17) is 9.47 Å². The SMILES string of the molecule is O=C(NCc1ccc2c(c1)OCCO2)c1ccc(I)cc1. The lowest BCUT2D eigenvalue weighted by Crippen LogP contribution is -2.23. The van der Waals surface area contributed by atoms with Gasteiger partial charge in [0.2, 0.25) is 0 Å². The van der Waals surface area contributed by atoms with Gasteiger partial charge >= 0.3 is 0 Å². The Balaban J connectivity index is 1.64. The minimum absolute atomic E-state index is 0.0821. The van der Waals surface area contributed by atoms with Crippen molar-refractivity contribution in [3.05, 3.63) is 57.2 Å². The molecule has 1 aliphatic heterocycles. The predicted molar refractivity (Wildman–Crippen MR) is 87.8 cm³/mol. The van der Waals surface area contributed by atoms with Gasteiger partial charge in [-0.15, -0.1) is 0 Å². The van der Waals surface area contributed by atoms with E-state index in [2.05, 4.69) is 27.9 Å². The Morgan fingerprint density at radius 3 is 2.52 bits per heavy atom. The number of hydrogen-bond acceptors (Lipinski definition) is 3. The van der Waals surface area contributed by atoms with Crippen LogP contribution in [0.15, 0.2) is 42.5 Å². The minimum atomic E-state index is -0.0821. The van der Waals surface area contributed by atoms with E-state index in [-0.39, 0.29) is 5.91 Å². The van der Waals surface area contributed by atoms with Gasteiger partial charge in [-0.3, -0.25) is 4.79 Å². The molecule has 0 radical (unpaired) electrons. The fraction of sp³-hybridized carbons (Fsp3) is 0.188. The molecule has 108 valence electrons. The summed E-state index contributed by atoms with van der Waals surface area (Å²) in [5, 5.41) is 2.90. The highest BCUT2D eigenvalue weighted by Gasteiger charge is 2.12. The van der Waals surface area contributed by atoms with E-state index in [9.17, 15) is 4.79 Å². The molecule has 1 amide bonds. The largest absolute Gasteiger partial charge is 0.486 e. The summed E-state index contributed by atoms with van der Waals surface area (Å²) in [6.07, 6.45) is 0. The van der Waals surface area contributed by atoms with Crippen LogP contribution in [0, 0.1) is 3.57 Å².